The molecule has 0 bridgehead atoms. The zero-order valence-corrected chi connectivity index (χ0v) is 10.4. The molecule has 2 heteroatoms. The number of rotatable bonds is 8. The molecule has 0 aromatic heterocycles. The Morgan fingerprint density at radius 2 is 1.69 bits per heavy atom. The molecule has 0 rings (SSSR count). The van der Waals surface area contributed by atoms with Gasteiger partial charge in [0.25, 0.3) is 0 Å². The van der Waals surface area contributed by atoms with Crippen LogP contribution in [0.15, 0.2) is 12.7 Å². The van der Waals surface area contributed by atoms with Crippen LogP contribution in [0.4, 0.5) is 0 Å². The summed E-state index contributed by atoms with van der Waals surface area (Å²) in [4.78, 5) is 0. The Bertz CT molecular complexity index is 127. The van der Waals surface area contributed by atoms with Crippen LogP contribution < -0.4 is 0 Å². The predicted molar refractivity (Wildman–Crippen MR) is 62.6 cm³/mol. The zero-order chi connectivity index (χ0) is 10.2. The monoisotopic (exact) mass is 200 g/mol. The molecule has 1 nitrogen and oxygen atoms in total. The molecule has 0 spiro atoms. The van der Waals surface area contributed by atoms with Crippen LogP contribution in [0.2, 0.25) is 19.6 Å². The third kappa shape index (κ3) is 11.9. The maximum Gasteiger partial charge on any atom is 0.183 e. The Morgan fingerprint density at radius 1 is 1.08 bits per heavy atom. The van der Waals surface area contributed by atoms with Crippen molar-refractivity contribution >= 4 is 8.32 Å². The Balaban J connectivity index is 3.04. The summed E-state index contributed by atoms with van der Waals surface area (Å²) in [5, 5.41) is 0. The normalized spacial score (nSPS) is 11.6. The third-order valence-corrected chi connectivity index (χ3v) is 2.91. The van der Waals surface area contributed by atoms with Gasteiger partial charge in [-0.05, 0) is 38.9 Å². The molecule has 0 saturated carbocycles. The summed E-state index contributed by atoms with van der Waals surface area (Å²) in [7, 11) is -1.25. The molecule has 0 radical (unpaired) electrons. The molecule has 0 aliphatic heterocycles. The van der Waals surface area contributed by atoms with E-state index in [4.69, 9.17) is 4.43 Å². The van der Waals surface area contributed by atoms with E-state index in [1.807, 2.05) is 6.08 Å². The zero-order valence-electron chi connectivity index (χ0n) is 9.44. The molecule has 0 amide bonds. The Labute approximate surface area is 84.3 Å². The molecule has 0 N–H and O–H groups in total. The lowest BCUT2D eigenvalue weighted by atomic mass is 10.1. The quantitative estimate of drug-likeness (QED) is 0.327. The van der Waals surface area contributed by atoms with E-state index in [-0.39, 0.29) is 0 Å². The van der Waals surface area contributed by atoms with Crippen molar-refractivity contribution in [3.8, 4) is 0 Å². The highest BCUT2D eigenvalue weighted by molar-refractivity contribution is 6.69. The van der Waals surface area contributed by atoms with Gasteiger partial charge in [0.2, 0.25) is 0 Å². The predicted octanol–water partition coefficient (Wildman–Crippen LogP) is 3.97. The molecule has 0 aliphatic carbocycles. The Morgan fingerprint density at radius 3 is 2.23 bits per heavy atom. The first-order valence-corrected chi connectivity index (χ1v) is 8.72. The van der Waals surface area contributed by atoms with Crippen molar-refractivity contribution in [1.82, 2.24) is 0 Å². The second kappa shape index (κ2) is 7.33. The number of hydrogen-bond donors (Lipinski definition) is 0. The Kier molecular flexibility index (Phi) is 7.29. The first-order valence-electron chi connectivity index (χ1n) is 5.31. The minimum Gasteiger partial charge on any atom is -0.418 e. The van der Waals surface area contributed by atoms with E-state index in [2.05, 4.69) is 26.2 Å². The molecule has 13 heavy (non-hydrogen) atoms. The molecule has 0 atom stereocenters. The van der Waals surface area contributed by atoms with Crippen molar-refractivity contribution in [2.75, 3.05) is 6.61 Å². The molecule has 0 fully saturated rings. The van der Waals surface area contributed by atoms with Crippen LogP contribution in [-0.4, -0.2) is 14.9 Å². The molecule has 0 aromatic rings. The third-order valence-electron chi connectivity index (χ3n) is 1.84. The summed E-state index contributed by atoms with van der Waals surface area (Å²) in [6.45, 7) is 11.4. The van der Waals surface area contributed by atoms with E-state index >= 15 is 0 Å². The fourth-order valence-corrected chi connectivity index (χ4v) is 1.88. The Hall–Kier alpha value is -0.0831. The van der Waals surface area contributed by atoms with Gasteiger partial charge in [-0.15, -0.1) is 6.58 Å². The van der Waals surface area contributed by atoms with Crippen molar-refractivity contribution in [2.24, 2.45) is 0 Å². The van der Waals surface area contributed by atoms with Crippen LogP contribution in [0.3, 0.4) is 0 Å². The standard InChI is InChI=1S/C11H24OSi/c1-5-6-7-8-9-10-11-12-13(2,3)4/h5H,1,6-11H2,2-4H3. The van der Waals surface area contributed by atoms with Crippen molar-refractivity contribution in [3.63, 3.8) is 0 Å². The lowest BCUT2D eigenvalue weighted by molar-refractivity contribution is 0.298. The summed E-state index contributed by atoms with van der Waals surface area (Å²) in [5.74, 6) is 0. The average Bonchev–Trinajstić information content (AvgIpc) is 2.01. The van der Waals surface area contributed by atoms with Crippen molar-refractivity contribution in [1.29, 1.82) is 0 Å². The lowest BCUT2D eigenvalue weighted by Gasteiger charge is -2.16. The smallest absolute Gasteiger partial charge is 0.183 e. The van der Waals surface area contributed by atoms with Gasteiger partial charge >= 0.3 is 0 Å². The summed E-state index contributed by atoms with van der Waals surface area (Å²) in [6, 6.07) is 0. The number of hydrogen-bond acceptors (Lipinski definition) is 1. The van der Waals surface area contributed by atoms with E-state index in [0.29, 0.717) is 0 Å². The maximum absolute atomic E-state index is 5.75. The first kappa shape index (κ1) is 12.9. The van der Waals surface area contributed by atoms with Crippen LogP contribution in [0.1, 0.15) is 32.1 Å². The molecular formula is C11H24OSi. The highest BCUT2D eigenvalue weighted by atomic mass is 28.4. The molecule has 0 aliphatic rings. The second-order valence-corrected chi connectivity index (χ2v) is 8.97. The number of unbranched alkanes of at least 4 members (excludes halogenated alkanes) is 4. The van der Waals surface area contributed by atoms with Gasteiger partial charge in [0.05, 0.1) is 0 Å². The molecule has 78 valence electrons. The van der Waals surface area contributed by atoms with Gasteiger partial charge in [-0.1, -0.05) is 18.9 Å². The van der Waals surface area contributed by atoms with Gasteiger partial charge in [0.15, 0.2) is 8.32 Å². The molecule has 0 unspecified atom stereocenters. The molecular weight excluding hydrogens is 176 g/mol. The largest absolute Gasteiger partial charge is 0.418 e. The van der Waals surface area contributed by atoms with Crippen LogP contribution >= 0.6 is 0 Å². The first-order chi connectivity index (χ1) is 6.06. The molecule has 0 heterocycles. The van der Waals surface area contributed by atoms with Crippen LogP contribution in [0.25, 0.3) is 0 Å². The fourth-order valence-electron chi connectivity index (χ4n) is 1.12. The summed E-state index contributed by atoms with van der Waals surface area (Å²) in [6.07, 6.45) is 8.30. The van der Waals surface area contributed by atoms with Crippen molar-refractivity contribution in [3.05, 3.63) is 12.7 Å². The highest BCUT2D eigenvalue weighted by Gasteiger charge is 2.12. The minimum atomic E-state index is -1.25. The minimum absolute atomic E-state index is 0.962. The molecule has 0 saturated heterocycles. The lowest BCUT2D eigenvalue weighted by Crippen LogP contribution is -2.25. The fraction of sp³-hybridized carbons (Fsp3) is 0.818. The maximum atomic E-state index is 5.75. The van der Waals surface area contributed by atoms with Gasteiger partial charge in [-0.3, -0.25) is 0 Å². The van der Waals surface area contributed by atoms with Gasteiger partial charge < -0.3 is 4.43 Å². The van der Waals surface area contributed by atoms with Crippen LogP contribution in [0.5, 0.6) is 0 Å². The van der Waals surface area contributed by atoms with Gasteiger partial charge in [-0.2, -0.15) is 0 Å². The number of allylic oxidation sites excluding steroid dienone is 1. The average molecular weight is 200 g/mol. The molecule has 0 aromatic carbocycles. The van der Waals surface area contributed by atoms with Crippen LogP contribution in [0, 0.1) is 0 Å². The van der Waals surface area contributed by atoms with E-state index in [1.165, 1.54) is 25.7 Å². The van der Waals surface area contributed by atoms with E-state index < -0.39 is 8.32 Å². The summed E-state index contributed by atoms with van der Waals surface area (Å²) < 4.78 is 5.75. The van der Waals surface area contributed by atoms with E-state index in [9.17, 15) is 0 Å². The van der Waals surface area contributed by atoms with Gasteiger partial charge in [-0.25, -0.2) is 0 Å². The topological polar surface area (TPSA) is 9.23 Å². The van der Waals surface area contributed by atoms with Crippen LogP contribution in [-0.2, 0) is 4.43 Å². The van der Waals surface area contributed by atoms with Gasteiger partial charge in [0, 0.05) is 6.61 Å². The van der Waals surface area contributed by atoms with E-state index in [0.717, 1.165) is 13.0 Å². The summed E-state index contributed by atoms with van der Waals surface area (Å²) in [5.41, 5.74) is 0. The van der Waals surface area contributed by atoms with E-state index in [1.54, 1.807) is 0 Å². The SMILES string of the molecule is C=CCCCCCCO[Si](C)(C)C. The second-order valence-electron chi connectivity index (χ2n) is 4.45. The highest BCUT2D eigenvalue weighted by Crippen LogP contribution is 2.07. The summed E-state index contributed by atoms with van der Waals surface area (Å²) >= 11 is 0. The van der Waals surface area contributed by atoms with Crippen molar-refractivity contribution in [2.45, 2.75) is 51.7 Å². The van der Waals surface area contributed by atoms with Crippen molar-refractivity contribution < 1.29 is 4.43 Å². The van der Waals surface area contributed by atoms with Gasteiger partial charge in [0.1, 0.15) is 0 Å².